The van der Waals surface area contributed by atoms with E-state index in [0.29, 0.717) is 37.5 Å². The van der Waals surface area contributed by atoms with Crippen LogP contribution in [0.1, 0.15) is 50.4 Å². The van der Waals surface area contributed by atoms with E-state index in [-0.39, 0.29) is 6.04 Å². The van der Waals surface area contributed by atoms with E-state index >= 15 is 0 Å². The molecule has 2 heterocycles. The van der Waals surface area contributed by atoms with Gasteiger partial charge in [0.1, 0.15) is 5.60 Å². The number of nitrogens with two attached hydrogens (primary N) is 1. The molecule has 2 fully saturated rings. The van der Waals surface area contributed by atoms with Gasteiger partial charge in [0.25, 0.3) is 0 Å². The average Bonchev–Trinajstić information content (AvgIpc) is 3.16. The maximum absolute atomic E-state index is 6.10. The van der Waals surface area contributed by atoms with Crippen molar-refractivity contribution in [2.75, 3.05) is 19.8 Å². The fourth-order valence-electron chi connectivity index (χ4n) is 2.62. The lowest BCUT2D eigenvalue weighted by molar-refractivity contribution is -0.118. The van der Waals surface area contributed by atoms with Gasteiger partial charge in [-0.3, -0.25) is 0 Å². The lowest BCUT2D eigenvalue weighted by Crippen LogP contribution is -2.37. The number of hydrogen-bond acceptors (Lipinski definition) is 6. The molecule has 1 unspecified atom stereocenters. The van der Waals surface area contributed by atoms with Gasteiger partial charge >= 0.3 is 0 Å². The smallest absolute Gasteiger partial charge is 0.243 e. The van der Waals surface area contributed by atoms with Gasteiger partial charge < -0.3 is 19.7 Å². The monoisotopic (exact) mass is 267 g/mol. The zero-order valence-corrected chi connectivity index (χ0v) is 11.3. The van der Waals surface area contributed by atoms with Gasteiger partial charge in [-0.15, -0.1) is 0 Å². The number of rotatable bonds is 5. The number of ether oxygens (including phenoxy) is 2. The van der Waals surface area contributed by atoms with Gasteiger partial charge in [-0.1, -0.05) is 5.16 Å². The van der Waals surface area contributed by atoms with Gasteiger partial charge in [-0.25, -0.2) is 0 Å². The summed E-state index contributed by atoms with van der Waals surface area (Å²) in [6.07, 6.45) is 3.84. The van der Waals surface area contributed by atoms with Crippen LogP contribution in [0.2, 0.25) is 0 Å². The molecule has 6 heteroatoms. The third kappa shape index (κ3) is 2.52. The Morgan fingerprint density at radius 3 is 2.79 bits per heavy atom. The Bertz CT molecular complexity index is 419. The predicted octanol–water partition coefficient (Wildman–Crippen LogP) is 1.52. The average molecular weight is 267 g/mol. The summed E-state index contributed by atoms with van der Waals surface area (Å²) >= 11 is 0. The van der Waals surface area contributed by atoms with Crippen molar-refractivity contribution in [1.29, 1.82) is 0 Å². The van der Waals surface area contributed by atoms with Crippen LogP contribution in [0.4, 0.5) is 0 Å². The van der Waals surface area contributed by atoms with Crippen LogP contribution in [0.15, 0.2) is 4.52 Å². The molecule has 0 aromatic carbocycles. The molecule has 1 atom stereocenters. The SMILES string of the molecule is CCOC1(c2noc(C(N)C3CC3)n2)CCOCC1. The zero-order valence-electron chi connectivity index (χ0n) is 11.3. The molecule has 2 N–H and O–H groups in total. The molecule has 1 saturated carbocycles. The summed E-state index contributed by atoms with van der Waals surface area (Å²) in [7, 11) is 0. The van der Waals surface area contributed by atoms with E-state index < -0.39 is 5.60 Å². The van der Waals surface area contributed by atoms with Crippen molar-refractivity contribution in [3.63, 3.8) is 0 Å². The maximum Gasteiger partial charge on any atom is 0.243 e. The van der Waals surface area contributed by atoms with Crippen LogP contribution in [0.3, 0.4) is 0 Å². The van der Waals surface area contributed by atoms with Crippen molar-refractivity contribution in [1.82, 2.24) is 10.1 Å². The molecule has 1 aliphatic carbocycles. The van der Waals surface area contributed by atoms with Crippen LogP contribution >= 0.6 is 0 Å². The molecule has 3 rings (SSSR count). The van der Waals surface area contributed by atoms with Gasteiger partial charge in [0.05, 0.1) is 6.04 Å². The van der Waals surface area contributed by atoms with E-state index in [0.717, 1.165) is 25.7 Å². The Balaban J connectivity index is 1.81. The van der Waals surface area contributed by atoms with Crippen LogP contribution in [0, 0.1) is 5.92 Å². The highest BCUT2D eigenvalue weighted by molar-refractivity contribution is 5.06. The standard InChI is InChI=1S/C13H21N3O3/c1-2-18-13(5-7-17-8-6-13)12-15-11(19-16-12)10(14)9-3-4-9/h9-10H,2-8,14H2,1H3. The Kier molecular flexibility index (Phi) is 3.56. The first kappa shape index (κ1) is 13.0. The van der Waals surface area contributed by atoms with Crippen molar-refractivity contribution in [3.8, 4) is 0 Å². The second kappa shape index (κ2) is 5.19. The van der Waals surface area contributed by atoms with Gasteiger partial charge in [0.2, 0.25) is 11.7 Å². The van der Waals surface area contributed by atoms with Crippen molar-refractivity contribution in [2.45, 2.75) is 44.2 Å². The minimum atomic E-state index is -0.460. The molecule has 1 saturated heterocycles. The molecule has 1 aliphatic heterocycles. The van der Waals surface area contributed by atoms with Crippen molar-refractivity contribution >= 4 is 0 Å². The Hall–Kier alpha value is -0.980. The minimum Gasteiger partial charge on any atom is -0.381 e. The quantitative estimate of drug-likeness (QED) is 0.870. The van der Waals surface area contributed by atoms with Gasteiger partial charge in [-0.05, 0) is 25.7 Å². The number of nitrogens with zero attached hydrogens (tertiary/aromatic N) is 2. The molecule has 106 valence electrons. The van der Waals surface area contributed by atoms with Crippen LogP contribution < -0.4 is 5.73 Å². The first-order chi connectivity index (χ1) is 9.25. The molecule has 0 bridgehead atoms. The van der Waals surface area contributed by atoms with Crippen LogP contribution in [-0.4, -0.2) is 30.0 Å². The van der Waals surface area contributed by atoms with E-state index in [4.69, 9.17) is 19.7 Å². The van der Waals surface area contributed by atoms with E-state index in [2.05, 4.69) is 10.1 Å². The Labute approximate surface area is 112 Å². The van der Waals surface area contributed by atoms with Crippen molar-refractivity contribution < 1.29 is 14.0 Å². The molecule has 19 heavy (non-hydrogen) atoms. The summed E-state index contributed by atoms with van der Waals surface area (Å²) in [4.78, 5) is 4.50. The molecule has 0 spiro atoms. The Morgan fingerprint density at radius 2 is 2.16 bits per heavy atom. The van der Waals surface area contributed by atoms with E-state index in [9.17, 15) is 0 Å². The highest BCUT2D eigenvalue weighted by Gasteiger charge is 2.41. The third-order valence-corrected chi connectivity index (χ3v) is 3.99. The molecule has 1 aromatic rings. The van der Waals surface area contributed by atoms with E-state index in [1.165, 1.54) is 0 Å². The molecular formula is C13H21N3O3. The summed E-state index contributed by atoms with van der Waals surface area (Å²) in [5.74, 6) is 1.68. The zero-order chi connectivity index (χ0) is 13.3. The van der Waals surface area contributed by atoms with Crippen molar-refractivity contribution in [3.05, 3.63) is 11.7 Å². The summed E-state index contributed by atoms with van der Waals surface area (Å²) < 4.78 is 16.7. The summed E-state index contributed by atoms with van der Waals surface area (Å²) in [6.45, 7) is 3.93. The fraction of sp³-hybridized carbons (Fsp3) is 0.846. The normalized spacial score (nSPS) is 24.3. The topological polar surface area (TPSA) is 83.4 Å². The number of aromatic nitrogens is 2. The van der Waals surface area contributed by atoms with E-state index in [1.807, 2.05) is 6.92 Å². The summed E-state index contributed by atoms with van der Waals surface area (Å²) in [6, 6.07) is -0.125. The lowest BCUT2D eigenvalue weighted by Gasteiger charge is -2.33. The summed E-state index contributed by atoms with van der Waals surface area (Å²) in [5, 5.41) is 4.12. The molecule has 2 aliphatic rings. The van der Waals surface area contributed by atoms with Gasteiger partial charge in [-0.2, -0.15) is 4.98 Å². The highest BCUT2D eigenvalue weighted by atomic mass is 16.5. The molecule has 6 nitrogen and oxygen atoms in total. The van der Waals surface area contributed by atoms with Crippen LogP contribution in [-0.2, 0) is 15.1 Å². The lowest BCUT2D eigenvalue weighted by atomic mass is 9.93. The van der Waals surface area contributed by atoms with Crippen LogP contribution in [0.25, 0.3) is 0 Å². The first-order valence-electron chi connectivity index (χ1n) is 7.06. The highest BCUT2D eigenvalue weighted by Crippen LogP contribution is 2.40. The molecular weight excluding hydrogens is 246 g/mol. The van der Waals surface area contributed by atoms with Crippen molar-refractivity contribution in [2.24, 2.45) is 11.7 Å². The fourth-order valence-corrected chi connectivity index (χ4v) is 2.62. The third-order valence-electron chi connectivity index (χ3n) is 3.99. The Morgan fingerprint density at radius 1 is 1.42 bits per heavy atom. The van der Waals surface area contributed by atoms with Crippen LogP contribution in [0.5, 0.6) is 0 Å². The second-order valence-electron chi connectivity index (χ2n) is 5.36. The van der Waals surface area contributed by atoms with Gasteiger partial charge in [0, 0.05) is 32.7 Å². The molecule has 0 amide bonds. The molecule has 0 radical (unpaired) electrons. The largest absolute Gasteiger partial charge is 0.381 e. The minimum absolute atomic E-state index is 0.125. The first-order valence-corrected chi connectivity index (χ1v) is 7.06. The molecule has 1 aromatic heterocycles. The second-order valence-corrected chi connectivity index (χ2v) is 5.36. The predicted molar refractivity (Wildman–Crippen MR) is 67.3 cm³/mol. The summed E-state index contributed by atoms with van der Waals surface area (Å²) in [5.41, 5.74) is 5.64. The van der Waals surface area contributed by atoms with E-state index in [1.54, 1.807) is 0 Å². The van der Waals surface area contributed by atoms with Gasteiger partial charge in [0.15, 0.2) is 0 Å². The maximum atomic E-state index is 6.10. The number of hydrogen-bond donors (Lipinski definition) is 1.